The Morgan fingerprint density at radius 2 is 1.82 bits per heavy atom. The second kappa shape index (κ2) is 6.32. The van der Waals surface area contributed by atoms with Gasteiger partial charge in [-0.25, -0.2) is 0 Å². The molecule has 1 unspecified atom stereocenters. The highest BCUT2D eigenvalue weighted by molar-refractivity contribution is 5.76. The molecule has 0 saturated heterocycles. The summed E-state index contributed by atoms with van der Waals surface area (Å²) in [7, 11) is 0. The van der Waals surface area contributed by atoms with E-state index in [2.05, 4.69) is 30.3 Å². The molecule has 1 amide bonds. The molecular weight excluding hydrogens is 272 g/mol. The zero-order chi connectivity index (χ0) is 15.5. The maximum Gasteiger partial charge on any atom is 0.223 e. The van der Waals surface area contributed by atoms with E-state index in [0.29, 0.717) is 13.0 Å². The van der Waals surface area contributed by atoms with Crippen LogP contribution in [0.4, 0.5) is 0 Å². The van der Waals surface area contributed by atoms with Crippen molar-refractivity contribution < 1.29 is 4.79 Å². The number of hydrogen-bond acceptors (Lipinski definition) is 2. The predicted molar refractivity (Wildman–Crippen MR) is 88.1 cm³/mol. The fourth-order valence-corrected chi connectivity index (χ4v) is 3.01. The molecule has 3 rings (SSSR count). The number of carbonyl (C=O) groups is 1. The highest BCUT2D eigenvalue weighted by atomic mass is 16.2. The van der Waals surface area contributed by atoms with Crippen LogP contribution in [-0.2, 0) is 17.9 Å². The molecule has 0 fully saturated rings. The molecule has 2 N–H and O–H groups in total. The molecular formula is C19H22N2O. The summed E-state index contributed by atoms with van der Waals surface area (Å²) in [5.41, 5.74) is 11.1. The molecule has 1 atom stereocenters. The number of nitrogens with two attached hydrogens (primary N) is 1. The van der Waals surface area contributed by atoms with Crippen molar-refractivity contribution in [3.63, 3.8) is 0 Å². The number of fused-ring (bicyclic) bond motifs is 1. The summed E-state index contributed by atoms with van der Waals surface area (Å²) in [6.45, 7) is 3.48. The average molecular weight is 294 g/mol. The molecule has 3 nitrogen and oxygen atoms in total. The Hall–Kier alpha value is -2.13. The minimum atomic E-state index is -0.119. The number of rotatable bonds is 4. The largest absolute Gasteiger partial charge is 0.334 e. The van der Waals surface area contributed by atoms with Gasteiger partial charge in [0, 0.05) is 19.5 Å². The SMILES string of the molecule is CCCC(=O)N1Cc2ccc(C(N)c3ccccc3)cc2C1. The first-order chi connectivity index (χ1) is 10.7. The monoisotopic (exact) mass is 294 g/mol. The van der Waals surface area contributed by atoms with Gasteiger partial charge in [-0.15, -0.1) is 0 Å². The molecule has 2 aromatic carbocycles. The maximum atomic E-state index is 12.1. The number of carbonyl (C=O) groups excluding carboxylic acids is 1. The van der Waals surface area contributed by atoms with Gasteiger partial charge in [0.2, 0.25) is 5.91 Å². The summed E-state index contributed by atoms with van der Waals surface area (Å²) in [5.74, 6) is 0.243. The van der Waals surface area contributed by atoms with Crippen molar-refractivity contribution in [3.8, 4) is 0 Å². The van der Waals surface area contributed by atoms with Gasteiger partial charge in [0.1, 0.15) is 0 Å². The van der Waals surface area contributed by atoms with E-state index in [1.807, 2.05) is 30.0 Å². The number of amides is 1. The molecule has 0 aromatic heterocycles. The van der Waals surface area contributed by atoms with E-state index in [9.17, 15) is 4.79 Å². The van der Waals surface area contributed by atoms with Crippen molar-refractivity contribution in [1.29, 1.82) is 0 Å². The molecule has 0 radical (unpaired) electrons. The van der Waals surface area contributed by atoms with E-state index in [1.165, 1.54) is 11.1 Å². The van der Waals surface area contributed by atoms with E-state index in [1.54, 1.807) is 0 Å². The lowest BCUT2D eigenvalue weighted by molar-refractivity contribution is -0.131. The van der Waals surface area contributed by atoms with Gasteiger partial charge >= 0.3 is 0 Å². The van der Waals surface area contributed by atoms with Gasteiger partial charge in [0.25, 0.3) is 0 Å². The Balaban J connectivity index is 1.79. The van der Waals surface area contributed by atoms with E-state index in [0.717, 1.165) is 24.1 Å². The summed E-state index contributed by atoms with van der Waals surface area (Å²) in [4.78, 5) is 14.0. The first-order valence-electron chi connectivity index (χ1n) is 7.89. The van der Waals surface area contributed by atoms with Crippen LogP contribution in [0.1, 0.15) is 48.1 Å². The van der Waals surface area contributed by atoms with Crippen LogP contribution in [0.25, 0.3) is 0 Å². The van der Waals surface area contributed by atoms with Crippen LogP contribution < -0.4 is 5.73 Å². The fourth-order valence-electron chi connectivity index (χ4n) is 3.01. The molecule has 22 heavy (non-hydrogen) atoms. The van der Waals surface area contributed by atoms with Gasteiger partial charge in [0.05, 0.1) is 6.04 Å². The van der Waals surface area contributed by atoms with Crippen molar-refractivity contribution in [2.75, 3.05) is 0 Å². The summed E-state index contributed by atoms with van der Waals surface area (Å²) >= 11 is 0. The van der Waals surface area contributed by atoms with Crippen LogP contribution in [0.5, 0.6) is 0 Å². The van der Waals surface area contributed by atoms with Crippen LogP contribution >= 0.6 is 0 Å². The molecule has 1 heterocycles. The van der Waals surface area contributed by atoms with Crippen molar-refractivity contribution in [3.05, 3.63) is 70.8 Å². The third-order valence-electron chi connectivity index (χ3n) is 4.29. The van der Waals surface area contributed by atoms with Crippen LogP contribution in [0.15, 0.2) is 48.5 Å². The standard InChI is InChI=1S/C19H22N2O/c1-2-6-18(22)21-12-16-10-9-15(11-17(16)13-21)19(20)14-7-4-3-5-8-14/h3-5,7-11,19H,2,6,12-13,20H2,1H3. The smallest absolute Gasteiger partial charge is 0.223 e. The van der Waals surface area contributed by atoms with Crippen molar-refractivity contribution in [2.45, 2.75) is 38.9 Å². The molecule has 114 valence electrons. The molecule has 0 saturated carbocycles. The number of nitrogens with zero attached hydrogens (tertiary/aromatic N) is 1. The zero-order valence-electron chi connectivity index (χ0n) is 13.0. The maximum absolute atomic E-state index is 12.1. The lowest BCUT2D eigenvalue weighted by Gasteiger charge is -2.14. The predicted octanol–water partition coefficient (Wildman–Crippen LogP) is 3.38. The second-order valence-electron chi connectivity index (χ2n) is 5.92. The Kier molecular flexibility index (Phi) is 4.25. The summed E-state index contributed by atoms with van der Waals surface area (Å²) < 4.78 is 0. The Morgan fingerprint density at radius 3 is 2.55 bits per heavy atom. The zero-order valence-corrected chi connectivity index (χ0v) is 13.0. The van der Waals surface area contributed by atoms with E-state index >= 15 is 0 Å². The van der Waals surface area contributed by atoms with Crippen LogP contribution in [-0.4, -0.2) is 10.8 Å². The first-order valence-corrected chi connectivity index (χ1v) is 7.89. The Bertz CT molecular complexity index is 666. The quantitative estimate of drug-likeness (QED) is 0.939. The third kappa shape index (κ3) is 2.90. The average Bonchev–Trinajstić information content (AvgIpc) is 2.98. The molecule has 1 aliphatic heterocycles. The molecule has 0 aliphatic carbocycles. The van der Waals surface area contributed by atoms with Crippen molar-refractivity contribution >= 4 is 5.91 Å². The summed E-state index contributed by atoms with van der Waals surface area (Å²) in [6, 6.07) is 16.4. The topological polar surface area (TPSA) is 46.3 Å². The van der Waals surface area contributed by atoms with Gasteiger partial charge in [-0.05, 0) is 28.7 Å². The lowest BCUT2D eigenvalue weighted by atomic mass is 9.96. The number of benzene rings is 2. The minimum Gasteiger partial charge on any atom is -0.334 e. The molecule has 0 bridgehead atoms. The number of hydrogen-bond donors (Lipinski definition) is 1. The molecule has 2 aromatic rings. The Morgan fingerprint density at radius 1 is 1.09 bits per heavy atom. The normalized spacial score (nSPS) is 14.7. The highest BCUT2D eigenvalue weighted by Crippen LogP contribution is 2.28. The highest BCUT2D eigenvalue weighted by Gasteiger charge is 2.23. The summed E-state index contributed by atoms with van der Waals surface area (Å²) in [6.07, 6.45) is 1.53. The van der Waals surface area contributed by atoms with Crippen LogP contribution in [0.2, 0.25) is 0 Å². The van der Waals surface area contributed by atoms with Crippen LogP contribution in [0.3, 0.4) is 0 Å². The van der Waals surface area contributed by atoms with Crippen LogP contribution in [0, 0.1) is 0 Å². The Labute approximate surface area is 131 Å². The van der Waals surface area contributed by atoms with Gasteiger partial charge in [-0.1, -0.05) is 55.5 Å². The third-order valence-corrected chi connectivity index (χ3v) is 4.29. The van der Waals surface area contributed by atoms with Gasteiger partial charge in [-0.2, -0.15) is 0 Å². The van der Waals surface area contributed by atoms with E-state index < -0.39 is 0 Å². The van der Waals surface area contributed by atoms with E-state index in [-0.39, 0.29) is 11.9 Å². The van der Waals surface area contributed by atoms with E-state index in [4.69, 9.17) is 5.73 Å². The van der Waals surface area contributed by atoms with Crippen molar-refractivity contribution in [1.82, 2.24) is 4.90 Å². The summed E-state index contributed by atoms with van der Waals surface area (Å²) in [5, 5.41) is 0. The second-order valence-corrected chi connectivity index (χ2v) is 5.92. The lowest BCUT2D eigenvalue weighted by Crippen LogP contribution is -2.24. The molecule has 3 heteroatoms. The van der Waals surface area contributed by atoms with Crippen molar-refractivity contribution in [2.24, 2.45) is 5.73 Å². The molecule has 1 aliphatic rings. The fraction of sp³-hybridized carbons (Fsp3) is 0.316. The molecule has 0 spiro atoms. The first kappa shape index (κ1) is 14.8. The minimum absolute atomic E-state index is 0.119. The van der Waals surface area contributed by atoms with Gasteiger partial charge in [0.15, 0.2) is 0 Å². The van der Waals surface area contributed by atoms with Gasteiger partial charge in [-0.3, -0.25) is 4.79 Å². The van der Waals surface area contributed by atoms with Gasteiger partial charge < -0.3 is 10.6 Å².